The average molecular weight is 859 g/mol. The Morgan fingerprint density at radius 3 is 1.19 bits per heavy atom. The molecule has 6 heteroatoms. The van der Waals surface area contributed by atoms with Crippen LogP contribution in [0.4, 0.5) is 0 Å². The van der Waals surface area contributed by atoms with Gasteiger partial charge in [-0.3, -0.25) is 14.4 Å². The molecule has 0 rings (SSSR count). The number of esters is 3. The van der Waals surface area contributed by atoms with Crippen LogP contribution in [0.25, 0.3) is 0 Å². The Balaban J connectivity index is 4.46. The van der Waals surface area contributed by atoms with Gasteiger partial charge in [-0.25, -0.2) is 0 Å². The molecule has 1 atom stereocenters. The summed E-state index contributed by atoms with van der Waals surface area (Å²) in [5, 5.41) is 0. The fourth-order valence-corrected chi connectivity index (χ4v) is 6.52. The molecule has 0 saturated heterocycles. The Bertz CT molecular complexity index is 1310. The highest BCUT2D eigenvalue weighted by Crippen LogP contribution is 2.15. The maximum Gasteiger partial charge on any atom is 0.306 e. The monoisotopic (exact) mass is 859 g/mol. The van der Waals surface area contributed by atoms with Crippen LogP contribution in [0.15, 0.2) is 109 Å². The molecule has 0 aromatic rings. The predicted molar refractivity (Wildman–Crippen MR) is 265 cm³/mol. The van der Waals surface area contributed by atoms with E-state index in [1.54, 1.807) is 0 Å². The lowest BCUT2D eigenvalue weighted by atomic mass is 10.0. The van der Waals surface area contributed by atoms with Gasteiger partial charge in [-0.1, -0.05) is 233 Å². The van der Waals surface area contributed by atoms with Gasteiger partial charge in [0.05, 0.1) is 0 Å². The highest BCUT2D eigenvalue weighted by atomic mass is 16.6. The van der Waals surface area contributed by atoms with Crippen LogP contribution in [0.2, 0.25) is 0 Å². The first-order valence-corrected chi connectivity index (χ1v) is 25.0. The van der Waals surface area contributed by atoms with E-state index in [0.29, 0.717) is 19.3 Å². The van der Waals surface area contributed by atoms with Gasteiger partial charge in [-0.15, -0.1) is 0 Å². The van der Waals surface area contributed by atoms with Crippen LogP contribution in [-0.4, -0.2) is 37.2 Å². The zero-order valence-electron chi connectivity index (χ0n) is 39.8. The number of hydrogen-bond acceptors (Lipinski definition) is 6. The quantitative estimate of drug-likeness (QED) is 0.0200. The van der Waals surface area contributed by atoms with Crippen molar-refractivity contribution < 1.29 is 28.6 Å². The molecule has 62 heavy (non-hydrogen) atoms. The fourth-order valence-electron chi connectivity index (χ4n) is 6.52. The summed E-state index contributed by atoms with van der Waals surface area (Å²) in [4.78, 5) is 37.8. The smallest absolute Gasteiger partial charge is 0.306 e. The number of rotatable bonds is 43. The third-order valence-corrected chi connectivity index (χ3v) is 10.2. The van der Waals surface area contributed by atoms with Crippen LogP contribution in [0, 0.1) is 0 Å². The van der Waals surface area contributed by atoms with Gasteiger partial charge in [0.1, 0.15) is 13.2 Å². The number of carbonyl (C=O) groups is 3. The Labute approximate surface area is 380 Å². The van der Waals surface area contributed by atoms with Crippen LogP contribution in [-0.2, 0) is 28.6 Å². The summed E-state index contributed by atoms with van der Waals surface area (Å²) in [5.74, 6) is -0.994. The van der Waals surface area contributed by atoms with E-state index in [1.165, 1.54) is 83.5 Å². The molecule has 0 aliphatic rings. The van der Waals surface area contributed by atoms with Crippen molar-refractivity contribution in [3.63, 3.8) is 0 Å². The second-order valence-corrected chi connectivity index (χ2v) is 16.2. The first kappa shape index (κ1) is 58.1. The molecule has 0 aromatic heterocycles. The summed E-state index contributed by atoms with van der Waals surface area (Å²) in [6.07, 6.45) is 66.5. The van der Waals surface area contributed by atoms with Gasteiger partial charge in [0, 0.05) is 19.3 Å². The Hall–Kier alpha value is -3.93. The molecule has 350 valence electrons. The Morgan fingerprint density at radius 2 is 0.710 bits per heavy atom. The van der Waals surface area contributed by atoms with Crippen molar-refractivity contribution in [3.05, 3.63) is 109 Å². The molecule has 0 radical (unpaired) electrons. The largest absolute Gasteiger partial charge is 0.462 e. The van der Waals surface area contributed by atoms with Crippen LogP contribution in [0.3, 0.4) is 0 Å². The zero-order valence-corrected chi connectivity index (χ0v) is 39.8. The molecule has 0 spiro atoms. The molecule has 0 aliphatic carbocycles. The third kappa shape index (κ3) is 47.1. The summed E-state index contributed by atoms with van der Waals surface area (Å²) >= 11 is 0. The summed E-state index contributed by atoms with van der Waals surface area (Å²) in [6, 6.07) is 0. The predicted octanol–water partition coefficient (Wildman–Crippen LogP) is 16.4. The van der Waals surface area contributed by atoms with Crippen LogP contribution < -0.4 is 0 Å². The van der Waals surface area contributed by atoms with Gasteiger partial charge in [0.25, 0.3) is 0 Å². The summed E-state index contributed by atoms with van der Waals surface area (Å²) in [5.41, 5.74) is 0. The highest BCUT2D eigenvalue weighted by Gasteiger charge is 2.19. The lowest BCUT2D eigenvalue weighted by Crippen LogP contribution is -2.30. The molecule has 0 aromatic carbocycles. The first-order valence-electron chi connectivity index (χ1n) is 25.0. The van der Waals surface area contributed by atoms with E-state index in [0.717, 1.165) is 83.5 Å². The van der Waals surface area contributed by atoms with Crippen LogP contribution in [0.5, 0.6) is 0 Å². The van der Waals surface area contributed by atoms with Gasteiger partial charge in [-0.2, -0.15) is 0 Å². The lowest BCUT2D eigenvalue weighted by molar-refractivity contribution is -0.167. The molecule has 0 N–H and O–H groups in total. The van der Waals surface area contributed by atoms with Gasteiger partial charge in [-0.05, 0) is 64.2 Å². The number of hydrogen-bond donors (Lipinski definition) is 0. The normalized spacial score (nSPS) is 13.0. The van der Waals surface area contributed by atoms with Crippen molar-refractivity contribution in [2.75, 3.05) is 13.2 Å². The van der Waals surface area contributed by atoms with Crippen molar-refractivity contribution in [3.8, 4) is 0 Å². The van der Waals surface area contributed by atoms with Crippen molar-refractivity contribution in [2.24, 2.45) is 0 Å². The van der Waals surface area contributed by atoms with Gasteiger partial charge in [0.2, 0.25) is 0 Å². The highest BCUT2D eigenvalue weighted by molar-refractivity contribution is 5.71. The fraction of sp³-hybridized carbons (Fsp3) is 0.625. The summed E-state index contributed by atoms with van der Waals surface area (Å²) in [6.45, 7) is 6.29. The van der Waals surface area contributed by atoms with Crippen LogP contribution in [0.1, 0.15) is 207 Å². The van der Waals surface area contributed by atoms with Gasteiger partial charge >= 0.3 is 17.9 Å². The SMILES string of the molecule is CC\C=C/C=C\C=C/C=C\C=C\C=C/C=C\CCCCCC(=O)OCC(COC(=O)CCCC/C=C\C/C=C\CC)OC(=O)CCCCCCCCCCCCCCCCCC. The van der Waals surface area contributed by atoms with E-state index in [1.807, 2.05) is 72.9 Å². The van der Waals surface area contributed by atoms with Crippen molar-refractivity contribution in [1.29, 1.82) is 0 Å². The minimum atomic E-state index is -0.808. The van der Waals surface area contributed by atoms with E-state index in [4.69, 9.17) is 14.2 Å². The molecule has 0 bridgehead atoms. The molecule has 0 aliphatic heterocycles. The molecule has 0 amide bonds. The van der Waals surface area contributed by atoms with E-state index in [9.17, 15) is 14.4 Å². The maximum absolute atomic E-state index is 12.8. The Kier molecular flexibility index (Phi) is 46.6. The second kappa shape index (κ2) is 49.7. The molecular formula is C56H90O6. The van der Waals surface area contributed by atoms with Crippen LogP contribution >= 0.6 is 0 Å². The number of carbonyl (C=O) groups excluding carboxylic acids is 3. The first-order chi connectivity index (χ1) is 30.5. The summed E-state index contributed by atoms with van der Waals surface area (Å²) < 4.78 is 16.7. The zero-order chi connectivity index (χ0) is 45.1. The lowest BCUT2D eigenvalue weighted by Gasteiger charge is -2.18. The second-order valence-electron chi connectivity index (χ2n) is 16.2. The van der Waals surface area contributed by atoms with Crippen molar-refractivity contribution >= 4 is 17.9 Å². The number of unbranched alkanes of at least 4 members (excludes halogenated alkanes) is 20. The topological polar surface area (TPSA) is 78.9 Å². The minimum absolute atomic E-state index is 0.111. The van der Waals surface area contributed by atoms with Crippen molar-refractivity contribution in [2.45, 2.75) is 213 Å². The van der Waals surface area contributed by atoms with Gasteiger partial charge < -0.3 is 14.2 Å². The number of allylic oxidation sites excluding steroid dienone is 18. The van der Waals surface area contributed by atoms with E-state index < -0.39 is 6.10 Å². The molecule has 0 fully saturated rings. The average Bonchev–Trinajstić information content (AvgIpc) is 3.27. The van der Waals surface area contributed by atoms with E-state index >= 15 is 0 Å². The van der Waals surface area contributed by atoms with E-state index in [2.05, 4.69) is 57.2 Å². The molecular weight excluding hydrogens is 769 g/mol. The van der Waals surface area contributed by atoms with Gasteiger partial charge in [0.15, 0.2) is 6.10 Å². The maximum atomic E-state index is 12.8. The standard InChI is InChI=1S/C56H90O6/c1-4-7-10-13-16-19-21-23-25-27-28-29-31-32-34-37-40-43-46-49-55(58)61-52-53(51-60-54(57)48-45-42-39-36-18-15-12-9-6-3)62-56(59)50-47-44-41-38-35-33-30-26-24-22-20-17-14-11-8-5-2/h7,9-10,12-13,16,18-19,21,23,25,27-29,31-32,34,36,53H,4-6,8,11,14-15,17,20,22,24,26,30,33,35,37-52H2,1-3H3/b10-7-,12-9-,16-13-,21-19-,25-23-,28-27+,31-29-,34-32-,36-18-. The summed E-state index contributed by atoms with van der Waals surface area (Å²) in [7, 11) is 0. The van der Waals surface area contributed by atoms with E-state index in [-0.39, 0.29) is 31.1 Å². The molecule has 1 unspecified atom stereocenters. The molecule has 0 saturated carbocycles. The molecule has 0 heterocycles. The van der Waals surface area contributed by atoms with Crippen molar-refractivity contribution in [1.82, 2.24) is 0 Å². The Morgan fingerprint density at radius 1 is 0.355 bits per heavy atom. The number of ether oxygens (including phenoxy) is 3. The minimum Gasteiger partial charge on any atom is -0.462 e. The molecule has 6 nitrogen and oxygen atoms in total. The third-order valence-electron chi connectivity index (χ3n) is 10.2.